The van der Waals surface area contributed by atoms with Crippen LogP contribution in [0.1, 0.15) is 18.1 Å². The van der Waals surface area contributed by atoms with Gasteiger partial charge in [-0.25, -0.2) is 0 Å². The number of hydrogen-bond donors (Lipinski definition) is 1. The molecular weight excluding hydrogens is 675 g/mol. The van der Waals surface area contributed by atoms with Crippen molar-refractivity contribution in [3.63, 3.8) is 0 Å². The molecule has 0 aliphatic carbocycles. The van der Waals surface area contributed by atoms with E-state index in [2.05, 4.69) is 131 Å². The third kappa shape index (κ3) is 7.79. The molecule has 50 heavy (non-hydrogen) atoms. The van der Waals surface area contributed by atoms with Crippen LogP contribution in [0.5, 0.6) is 5.75 Å². The number of rotatable bonds is 13. The van der Waals surface area contributed by atoms with Crippen LogP contribution in [-0.2, 0) is 6.54 Å². The molecule has 7 rings (SSSR count). The zero-order valence-electron chi connectivity index (χ0n) is 27.9. The van der Waals surface area contributed by atoms with Crippen LogP contribution in [0.25, 0.3) is 32.6 Å². The van der Waals surface area contributed by atoms with E-state index in [1.165, 1.54) is 36.5 Å². The van der Waals surface area contributed by atoms with Crippen molar-refractivity contribution in [3.05, 3.63) is 139 Å². The van der Waals surface area contributed by atoms with Crippen molar-refractivity contribution in [1.29, 1.82) is 0 Å². The maximum absolute atomic E-state index is 10.9. The summed E-state index contributed by atoms with van der Waals surface area (Å²) in [5, 5.41) is 24.3. The Balaban J connectivity index is 0.999. The Hall–Kier alpha value is -4.47. The van der Waals surface area contributed by atoms with Gasteiger partial charge in [-0.1, -0.05) is 66.4 Å². The Morgan fingerprint density at radius 2 is 1.36 bits per heavy atom. The Kier molecular flexibility index (Phi) is 10.9. The minimum Gasteiger partial charge on any atom is -0.490 e. The predicted molar refractivity (Wildman–Crippen MR) is 215 cm³/mol. The number of nitrogens with zero attached hydrogens (tertiary/aromatic N) is 3. The molecule has 0 saturated carbocycles. The van der Waals surface area contributed by atoms with Gasteiger partial charge in [0.25, 0.3) is 0 Å². The van der Waals surface area contributed by atoms with Crippen molar-refractivity contribution in [2.45, 2.75) is 39.2 Å². The summed E-state index contributed by atoms with van der Waals surface area (Å²) in [5.41, 5.74) is 4.27. The summed E-state index contributed by atoms with van der Waals surface area (Å²) in [7, 11) is 0. The van der Waals surface area contributed by atoms with Crippen LogP contribution in [0.4, 0.5) is 0 Å². The van der Waals surface area contributed by atoms with Gasteiger partial charge in [0.2, 0.25) is 0 Å². The highest BCUT2D eigenvalue weighted by atomic mass is 32.2. The standard InChI is InChI=1S/C42H37N3O2S3/c1-3-45-40-11-7-6-10-37(40)38-24-29(12-22-41(38)45)25-43-44-26-39-36-9-5-4-8-30(36)13-23-42(39)47-27-31(46)28-49-33-16-20-35(21-17-33)50-34-18-14-32(48-2)15-19-34/h4-26,31,46H,3,27-28H2,1-2H3/b43-25+,44-26+. The fraction of sp³-hybridized carbons (Fsp3) is 0.143. The molecule has 6 aromatic carbocycles. The van der Waals surface area contributed by atoms with Crippen molar-refractivity contribution in [2.24, 2.45) is 10.2 Å². The topological polar surface area (TPSA) is 59.1 Å². The molecule has 0 saturated heterocycles. The van der Waals surface area contributed by atoms with Gasteiger partial charge in [-0.05, 0) is 102 Å². The van der Waals surface area contributed by atoms with E-state index in [0.29, 0.717) is 11.5 Å². The van der Waals surface area contributed by atoms with Crippen molar-refractivity contribution in [1.82, 2.24) is 4.57 Å². The average molecular weight is 712 g/mol. The molecule has 1 atom stereocenters. The molecule has 1 heterocycles. The van der Waals surface area contributed by atoms with E-state index in [4.69, 9.17) is 4.74 Å². The summed E-state index contributed by atoms with van der Waals surface area (Å²) in [5.74, 6) is 1.18. The van der Waals surface area contributed by atoms with Gasteiger partial charge in [0.1, 0.15) is 12.4 Å². The van der Waals surface area contributed by atoms with Gasteiger partial charge >= 0.3 is 0 Å². The van der Waals surface area contributed by atoms with Gasteiger partial charge in [0, 0.05) is 59.2 Å². The van der Waals surface area contributed by atoms with Crippen LogP contribution in [0, 0.1) is 0 Å². The number of thioether (sulfide) groups is 2. The van der Waals surface area contributed by atoms with E-state index in [0.717, 1.165) is 33.3 Å². The zero-order valence-corrected chi connectivity index (χ0v) is 30.3. The number of aromatic nitrogens is 1. The first-order valence-electron chi connectivity index (χ1n) is 16.5. The van der Waals surface area contributed by atoms with Crippen LogP contribution in [0.2, 0.25) is 0 Å². The molecule has 7 aromatic rings. The minimum absolute atomic E-state index is 0.167. The Morgan fingerprint density at radius 1 is 0.700 bits per heavy atom. The lowest BCUT2D eigenvalue weighted by Gasteiger charge is -2.15. The van der Waals surface area contributed by atoms with E-state index in [1.807, 2.05) is 24.3 Å². The Morgan fingerprint density at radius 3 is 2.12 bits per heavy atom. The van der Waals surface area contributed by atoms with Crippen LogP contribution in [-0.4, -0.2) is 46.8 Å². The van der Waals surface area contributed by atoms with E-state index in [9.17, 15) is 5.11 Å². The van der Waals surface area contributed by atoms with Gasteiger partial charge in [-0.2, -0.15) is 10.2 Å². The number of benzene rings is 6. The second-order valence-corrected chi connectivity index (χ2v) is 14.9. The summed E-state index contributed by atoms with van der Waals surface area (Å²) >= 11 is 5.12. The average Bonchev–Trinajstić information content (AvgIpc) is 3.48. The lowest BCUT2D eigenvalue weighted by molar-refractivity contribution is 0.126. The van der Waals surface area contributed by atoms with Gasteiger partial charge in [-0.15, -0.1) is 23.5 Å². The summed E-state index contributed by atoms with van der Waals surface area (Å²) < 4.78 is 8.54. The third-order valence-corrected chi connectivity index (χ3v) is 11.4. The summed E-state index contributed by atoms with van der Waals surface area (Å²) in [4.78, 5) is 4.78. The molecule has 0 amide bonds. The fourth-order valence-electron chi connectivity index (χ4n) is 6.03. The lowest BCUT2D eigenvalue weighted by Crippen LogP contribution is -2.20. The number of aryl methyl sites for hydroxylation is 1. The molecule has 1 N–H and O–H groups in total. The van der Waals surface area contributed by atoms with Crippen LogP contribution in [0.3, 0.4) is 0 Å². The molecule has 1 unspecified atom stereocenters. The first-order chi connectivity index (χ1) is 24.6. The maximum Gasteiger partial charge on any atom is 0.128 e. The molecule has 0 fully saturated rings. The molecular formula is C42H37N3O2S3. The molecule has 5 nitrogen and oxygen atoms in total. The van der Waals surface area contributed by atoms with E-state index >= 15 is 0 Å². The summed E-state index contributed by atoms with van der Waals surface area (Å²) in [6, 6.07) is 44.1. The lowest BCUT2D eigenvalue weighted by atomic mass is 10.0. The Labute approximate surface area is 305 Å². The maximum atomic E-state index is 10.9. The molecule has 250 valence electrons. The highest BCUT2D eigenvalue weighted by Gasteiger charge is 2.12. The Bertz CT molecular complexity index is 2300. The molecule has 0 bridgehead atoms. The molecule has 0 aliphatic rings. The molecule has 0 aliphatic heterocycles. The SMILES string of the molecule is CCn1c2ccccc2c2cc(/C=N/N=C/c3c(OCC(O)CSc4ccc(Sc5ccc(SC)cc5)cc4)ccc4ccccc34)ccc21. The predicted octanol–water partition coefficient (Wildman–Crippen LogP) is 10.8. The van der Waals surface area contributed by atoms with Gasteiger partial charge < -0.3 is 14.4 Å². The van der Waals surface area contributed by atoms with Crippen molar-refractivity contribution in [3.8, 4) is 5.75 Å². The molecule has 0 radical (unpaired) electrons. The van der Waals surface area contributed by atoms with Gasteiger partial charge in [0.15, 0.2) is 0 Å². The summed E-state index contributed by atoms with van der Waals surface area (Å²) in [6.07, 6.45) is 4.97. The van der Waals surface area contributed by atoms with Crippen LogP contribution in [0.15, 0.2) is 157 Å². The highest BCUT2D eigenvalue weighted by molar-refractivity contribution is 8.00. The van der Waals surface area contributed by atoms with Crippen LogP contribution < -0.4 is 4.74 Å². The first-order valence-corrected chi connectivity index (χ1v) is 19.6. The van der Waals surface area contributed by atoms with E-state index in [-0.39, 0.29) is 6.61 Å². The van der Waals surface area contributed by atoms with Crippen molar-refractivity contribution >= 4 is 80.3 Å². The quantitative estimate of drug-likeness (QED) is 0.0733. The van der Waals surface area contributed by atoms with Gasteiger partial charge in [-0.3, -0.25) is 0 Å². The highest BCUT2D eigenvalue weighted by Crippen LogP contribution is 2.32. The number of fused-ring (bicyclic) bond motifs is 4. The fourth-order valence-corrected chi connectivity index (χ4v) is 8.06. The van der Waals surface area contributed by atoms with Crippen molar-refractivity contribution < 1.29 is 9.84 Å². The van der Waals surface area contributed by atoms with E-state index in [1.54, 1.807) is 47.7 Å². The molecule has 1 aromatic heterocycles. The third-order valence-electron chi connectivity index (χ3n) is 8.50. The number of ether oxygens (including phenoxy) is 1. The van der Waals surface area contributed by atoms with Crippen molar-refractivity contribution in [2.75, 3.05) is 18.6 Å². The largest absolute Gasteiger partial charge is 0.490 e. The van der Waals surface area contributed by atoms with E-state index < -0.39 is 6.10 Å². The zero-order chi connectivity index (χ0) is 34.3. The first kappa shape index (κ1) is 34.0. The summed E-state index contributed by atoms with van der Waals surface area (Å²) in [6.45, 7) is 3.25. The number of para-hydroxylation sites is 1. The number of aliphatic hydroxyl groups excluding tert-OH is 1. The monoisotopic (exact) mass is 711 g/mol. The number of aliphatic hydroxyl groups is 1. The second-order valence-electron chi connectivity index (χ2n) is 11.8. The minimum atomic E-state index is -0.646. The number of hydrogen-bond acceptors (Lipinski definition) is 7. The normalized spacial score (nSPS) is 12.5. The molecule has 8 heteroatoms. The van der Waals surface area contributed by atoms with Gasteiger partial charge in [0.05, 0.1) is 18.5 Å². The second kappa shape index (κ2) is 16.0. The van der Waals surface area contributed by atoms with Crippen LogP contribution >= 0.6 is 35.3 Å². The smallest absolute Gasteiger partial charge is 0.128 e. The molecule has 0 spiro atoms.